The molecule has 0 saturated carbocycles. The summed E-state index contributed by atoms with van der Waals surface area (Å²) in [5.74, 6) is -0.260. The molecule has 31 heavy (non-hydrogen) atoms. The molecule has 0 spiro atoms. The van der Waals surface area contributed by atoms with Gasteiger partial charge in [-0.15, -0.1) is 0 Å². The van der Waals surface area contributed by atoms with Crippen LogP contribution in [0.15, 0.2) is 18.2 Å². The van der Waals surface area contributed by atoms with Gasteiger partial charge >= 0.3 is 0 Å². The molecule has 3 heterocycles. The largest absolute Gasteiger partial charge is 0.379 e. The van der Waals surface area contributed by atoms with Crippen LogP contribution < -0.4 is 21.3 Å². The van der Waals surface area contributed by atoms with Crippen LogP contribution >= 0.6 is 0 Å². The fraction of sp³-hybridized carbons (Fsp3) is 0.652. The van der Waals surface area contributed by atoms with Crippen LogP contribution in [-0.4, -0.2) is 61.5 Å². The molecule has 0 bridgehead atoms. The molecule has 8 heteroatoms. The third kappa shape index (κ3) is 5.95. The molecule has 0 aromatic heterocycles. The van der Waals surface area contributed by atoms with Crippen molar-refractivity contribution in [2.45, 2.75) is 57.0 Å². The maximum atomic E-state index is 14.7. The van der Waals surface area contributed by atoms with Gasteiger partial charge in [0, 0.05) is 43.7 Å². The highest BCUT2D eigenvalue weighted by Crippen LogP contribution is 2.29. The number of halogens is 1. The summed E-state index contributed by atoms with van der Waals surface area (Å²) in [4.78, 5) is 27.8. The number of piperidine rings is 3. The Balaban J connectivity index is 1.24. The number of rotatable bonds is 6. The van der Waals surface area contributed by atoms with E-state index in [1.54, 1.807) is 12.1 Å². The number of carbonyl (C=O) groups is 2. The van der Waals surface area contributed by atoms with Gasteiger partial charge in [-0.3, -0.25) is 14.9 Å². The predicted octanol–water partition coefficient (Wildman–Crippen LogP) is 2.07. The Morgan fingerprint density at radius 3 is 2.35 bits per heavy atom. The fourth-order valence-electron chi connectivity index (χ4n) is 4.94. The number of carbonyl (C=O) groups excluding carboxylic acids is 2. The number of imide groups is 1. The van der Waals surface area contributed by atoms with Crippen molar-refractivity contribution in [3.63, 3.8) is 0 Å². The van der Waals surface area contributed by atoms with E-state index in [9.17, 15) is 14.0 Å². The van der Waals surface area contributed by atoms with Gasteiger partial charge in [0.25, 0.3) is 0 Å². The summed E-state index contributed by atoms with van der Waals surface area (Å²) < 4.78 is 14.7. The van der Waals surface area contributed by atoms with Crippen molar-refractivity contribution in [3.05, 3.63) is 24.0 Å². The molecule has 3 aliphatic heterocycles. The van der Waals surface area contributed by atoms with E-state index in [0.29, 0.717) is 11.7 Å². The summed E-state index contributed by atoms with van der Waals surface area (Å²) in [5, 5.41) is 5.28. The molecule has 4 rings (SSSR count). The van der Waals surface area contributed by atoms with Crippen molar-refractivity contribution in [1.82, 2.24) is 10.2 Å². The Hall–Kier alpha value is -2.19. The van der Waals surface area contributed by atoms with Gasteiger partial charge in [-0.25, -0.2) is 4.39 Å². The van der Waals surface area contributed by atoms with Crippen molar-refractivity contribution in [1.29, 1.82) is 0 Å². The molecule has 4 N–H and O–H groups in total. The predicted molar refractivity (Wildman–Crippen MR) is 119 cm³/mol. The summed E-state index contributed by atoms with van der Waals surface area (Å²) >= 11 is 0. The standard InChI is InChI=1S/C23H34FN5O2/c24-20-15-19(1-2-21(20)26-18-13-22(30)27-23(31)14-18)29-11-4-16(5-12-29)3-8-28-9-6-17(25)7-10-28/h1-2,15-18,26H,3-14,25H2,(H,27,30,31). The van der Waals surface area contributed by atoms with Crippen molar-refractivity contribution in [2.24, 2.45) is 11.7 Å². The number of nitrogens with one attached hydrogen (secondary N) is 2. The highest BCUT2D eigenvalue weighted by Gasteiger charge is 2.26. The first-order valence-corrected chi connectivity index (χ1v) is 11.6. The molecule has 3 fully saturated rings. The highest BCUT2D eigenvalue weighted by molar-refractivity contribution is 5.98. The van der Waals surface area contributed by atoms with E-state index in [-0.39, 0.29) is 36.5 Å². The maximum absolute atomic E-state index is 14.7. The first-order chi connectivity index (χ1) is 15.0. The normalized spacial score (nSPS) is 22.6. The number of likely N-dealkylation sites (tertiary alicyclic amines) is 1. The fourth-order valence-corrected chi connectivity index (χ4v) is 4.94. The van der Waals surface area contributed by atoms with Crippen LogP contribution in [-0.2, 0) is 9.59 Å². The molecular formula is C23H34FN5O2. The Kier molecular flexibility index (Phi) is 7.07. The molecule has 0 radical (unpaired) electrons. The first-order valence-electron chi connectivity index (χ1n) is 11.6. The Bertz CT molecular complexity index is 772. The number of nitrogens with two attached hydrogens (primary N) is 1. The second kappa shape index (κ2) is 9.96. The van der Waals surface area contributed by atoms with Crippen molar-refractivity contribution in [3.8, 4) is 0 Å². The van der Waals surface area contributed by atoms with Crippen LogP contribution in [0.25, 0.3) is 0 Å². The number of amides is 2. The lowest BCUT2D eigenvalue weighted by Crippen LogP contribution is -2.43. The Morgan fingerprint density at radius 2 is 1.71 bits per heavy atom. The summed E-state index contributed by atoms with van der Waals surface area (Å²) in [5.41, 5.74) is 7.22. The second-order valence-corrected chi connectivity index (χ2v) is 9.28. The Morgan fingerprint density at radius 1 is 1.03 bits per heavy atom. The molecule has 0 atom stereocenters. The van der Waals surface area contributed by atoms with Gasteiger partial charge in [0.2, 0.25) is 11.8 Å². The van der Waals surface area contributed by atoms with Crippen LogP contribution in [0, 0.1) is 11.7 Å². The van der Waals surface area contributed by atoms with E-state index in [2.05, 4.69) is 20.4 Å². The van der Waals surface area contributed by atoms with Gasteiger partial charge in [-0.1, -0.05) is 0 Å². The van der Waals surface area contributed by atoms with Crippen LogP contribution in [0.2, 0.25) is 0 Å². The minimum Gasteiger partial charge on any atom is -0.379 e. The first kappa shape index (κ1) is 22.0. The smallest absolute Gasteiger partial charge is 0.228 e. The zero-order valence-electron chi connectivity index (χ0n) is 18.1. The van der Waals surface area contributed by atoms with Gasteiger partial charge in [0.05, 0.1) is 5.69 Å². The summed E-state index contributed by atoms with van der Waals surface area (Å²) in [6.45, 7) is 5.30. The number of nitrogens with zero attached hydrogens (tertiary/aromatic N) is 2. The van der Waals surface area contributed by atoms with Crippen molar-refractivity contribution < 1.29 is 14.0 Å². The van der Waals surface area contributed by atoms with Crippen LogP contribution in [0.5, 0.6) is 0 Å². The quantitative estimate of drug-likeness (QED) is 0.598. The van der Waals surface area contributed by atoms with E-state index in [1.807, 2.05) is 6.07 Å². The summed E-state index contributed by atoms with van der Waals surface area (Å²) in [6, 6.07) is 5.21. The van der Waals surface area contributed by atoms with E-state index in [1.165, 1.54) is 6.42 Å². The van der Waals surface area contributed by atoms with Gasteiger partial charge in [-0.05, 0) is 75.9 Å². The third-order valence-electron chi connectivity index (χ3n) is 6.92. The van der Waals surface area contributed by atoms with Gasteiger partial charge in [0.1, 0.15) is 5.82 Å². The molecule has 3 saturated heterocycles. The zero-order chi connectivity index (χ0) is 21.8. The highest BCUT2D eigenvalue weighted by atomic mass is 19.1. The summed E-state index contributed by atoms with van der Waals surface area (Å²) in [6.07, 6.45) is 6.06. The van der Waals surface area contributed by atoms with Crippen molar-refractivity contribution >= 4 is 23.2 Å². The van der Waals surface area contributed by atoms with Crippen LogP contribution in [0.1, 0.15) is 44.9 Å². The number of anilines is 2. The molecular weight excluding hydrogens is 397 g/mol. The van der Waals surface area contributed by atoms with Crippen LogP contribution in [0.4, 0.5) is 15.8 Å². The third-order valence-corrected chi connectivity index (χ3v) is 6.92. The molecule has 170 valence electrons. The molecule has 1 aromatic carbocycles. The Labute approximate surface area is 183 Å². The molecule has 2 amide bonds. The minimum absolute atomic E-state index is 0.171. The lowest BCUT2D eigenvalue weighted by Gasteiger charge is -2.36. The van der Waals surface area contributed by atoms with Gasteiger partial charge in [0.15, 0.2) is 0 Å². The maximum Gasteiger partial charge on any atom is 0.228 e. The van der Waals surface area contributed by atoms with Gasteiger partial charge < -0.3 is 20.9 Å². The topological polar surface area (TPSA) is 90.7 Å². The molecule has 0 aliphatic carbocycles. The van der Waals surface area contributed by atoms with Crippen LogP contribution in [0.3, 0.4) is 0 Å². The summed E-state index contributed by atoms with van der Waals surface area (Å²) in [7, 11) is 0. The monoisotopic (exact) mass is 431 g/mol. The molecule has 0 unspecified atom stereocenters. The van der Waals surface area contributed by atoms with E-state index in [4.69, 9.17) is 5.73 Å². The average molecular weight is 432 g/mol. The molecule has 1 aromatic rings. The SMILES string of the molecule is NC1CCN(CCC2CCN(c3ccc(NC4CC(=O)NC(=O)C4)c(F)c3)CC2)CC1. The van der Waals surface area contributed by atoms with E-state index < -0.39 is 0 Å². The van der Waals surface area contributed by atoms with Gasteiger partial charge in [-0.2, -0.15) is 0 Å². The minimum atomic E-state index is -0.368. The average Bonchev–Trinajstić information content (AvgIpc) is 2.74. The van der Waals surface area contributed by atoms with Crippen molar-refractivity contribution in [2.75, 3.05) is 42.9 Å². The number of hydrogen-bond acceptors (Lipinski definition) is 6. The molecule has 7 nitrogen and oxygen atoms in total. The number of benzene rings is 1. The lowest BCUT2D eigenvalue weighted by atomic mass is 9.92. The zero-order valence-corrected chi connectivity index (χ0v) is 18.1. The second-order valence-electron chi connectivity index (χ2n) is 9.28. The lowest BCUT2D eigenvalue weighted by molar-refractivity contribution is -0.133. The molecule has 3 aliphatic rings. The van der Waals surface area contributed by atoms with E-state index >= 15 is 0 Å². The van der Waals surface area contributed by atoms with E-state index in [0.717, 1.165) is 70.0 Å². The number of hydrogen-bond donors (Lipinski definition) is 3.